The molecular weight excluding hydrogens is 214 g/mol. The fraction of sp³-hybridized carbons (Fsp3) is 0. The van der Waals surface area contributed by atoms with Crippen LogP contribution >= 0.6 is 11.3 Å². The summed E-state index contributed by atoms with van der Waals surface area (Å²) in [6.07, 6.45) is 0. The molecule has 0 amide bonds. The molecule has 0 aliphatic carbocycles. The number of aromatic hydroxyl groups is 1. The molecule has 0 fully saturated rings. The van der Waals surface area contributed by atoms with Crippen LogP contribution in [0.25, 0.3) is 10.1 Å². The molecule has 0 aliphatic heterocycles. The molecule has 2 aromatic rings. The van der Waals surface area contributed by atoms with Crippen molar-refractivity contribution in [1.82, 2.24) is 0 Å². The normalized spacial score (nSPS) is 10.1. The van der Waals surface area contributed by atoms with Crippen LogP contribution in [-0.4, -0.2) is 16.2 Å². The van der Waals surface area contributed by atoms with E-state index in [-0.39, 0.29) is 16.9 Å². The number of phenols is 1. The summed E-state index contributed by atoms with van der Waals surface area (Å²) in [7, 11) is 0. The third kappa shape index (κ3) is 1.41. The molecule has 1 aromatic heterocycles. The van der Waals surface area contributed by atoms with Gasteiger partial charge in [0, 0.05) is 15.5 Å². The monoisotopic (exact) mass is 219 g/mol. The third-order valence-electron chi connectivity index (χ3n) is 2.01. The second kappa shape index (κ2) is 3.26. The van der Waals surface area contributed by atoms with Gasteiger partial charge in [-0.15, -0.1) is 11.3 Å². The lowest BCUT2D eigenvalue weighted by atomic mass is 10.1. The van der Waals surface area contributed by atoms with Crippen LogP contribution in [0.15, 0.2) is 17.5 Å². The van der Waals surface area contributed by atoms with Crippen LogP contribution < -0.4 is 0 Å². The Hall–Kier alpha value is -2.06. The number of carboxylic acids is 1. The molecule has 0 radical (unpaired) electrons. The number of benzene rings is 1. The number of nitriles is 1. The molecule has 1 aromatic carbocycles. The van der Waals surface area contributed by atoms with E-state index >= 15 is 0 Å². The Morgan fingerprint density at radius 1 is 1.47 bits per heavy atom. The van der Waals surface area contributed by atoms with Crippen molar-refractivity contribution >= 4 is 27.4 Å². The Balaban J connectivity index is 2.91. The summed E-state index contributed by atoms with van der Waals surface area (Å²) in [5.41, 5.74) is 0.287. The largest absolute Gasteiger partial charge is 0.508 e. The van der Waals surface area contributed by atoms with Gasteiger partial charge in [-0.2, -0.15) is 5.26 Å². The van der Waals surface area contributed by atoms with E-state index in [4.69, 9.17) is 10.4 Å². The minimum absolute atomic E-state index is 0.0298. The quantitative estimate of drug-likeness (QED) is 0.770. The van der Waals surface area contributed by atoms with Crippen LogP contribution in [-0.2, 0) is 0 Å². The average Bonchev–Trinajstić information content (AvgIpc) is 2.59. The highest BCUT2D eigenvalue weighted by atomic mass is 32.1. The molecule has 5 heteroatoms. The summed E-state index contributed by atoms with van der Waals surface area (Å²) in [6, 6.07) is 4.59. The minimum Gasteiger partial charge on any atom is -0.508 e. The first-order chi connectivity index (χ1) is 7.13. The fourth-order valence-electron chi connectivity index (χ4n) is 1.40. The van der Waals surface area contributed by atoms with E-state index in [0.717, 1.165) is 0 Å². The molecule has 2 N–H and O–H groups in total. The summed E-state index contributed by atoms with van der Waals surface area (Å²) in [5, 5.41) is 28.9. The van der Waals surface area contributed by atoms with Gasteiger partial charge >= 0.3 is 5.97 Å². The number of aromatic carboxylic acids is 1. The summed E-state index contributed by atoms with van der Waals surface area (Å²) >= 11 is 1.19. The lowest BCUT2D eigenvalue weighted by molar-refractivity contribution is 0.0699. The number of thiophene rings is 1. The molecule has 0 saturated heterocycles. The van der Waals surface area contributed by atoms with Crippen LogP contribution in [0, 0.1) is 11.3 Å². The van der Waals surface area contributed by atoms with E-state index < -0.39 is 5.97 Å². The number of carbonyl (C=O) groups is 1. The summed E-state index contributed by atoms with van der Waals surface area (Å²) in [4.78, 5) is 10.9. The first-order valence-corrected chi connectivity index (χ1v) is 4.89. The van der Waals surface area contributed by atoms with Crippen LogP contribution in [0.1, 0.15) is 15.9 Å². The number of fused-ring (bicyclic) bond motifs is 1. The van der Waals surface area contributed by atoms with Crippen LogP contribution in [0.2, 0.25) is 0 Å². The van der Waals surface area contributed by atoms with E-state index in [0.29, 0.717) is 10.1 Å². The summed E-state index contributed by atoms with van der Waals surface area (Å²) < 4.78 is 0.601. The average molecular weight is 219 g/mol. The Labute approximate surface area is 88.6 Å². The number of carboxylic acid groups (broad SMARTS) is 1. The van der Waals surface area contributed by atoms with E-state index in [9.17, 15) is 9.90 Å². The standard InChI is InChI=1S/C10H5NO3S/c11-3-5-1-6(12)2-8-9(5)7(4-15-8)10(13)14/h1-2,4,12H,(H,13,14). The van der Waals surface area contributed by atoms with Gasteiger partial charge < -0.3 is 10.2 Å². The third-order valence-corrected chi connectivity index (χ3v) is 2.94. The van der Waals surface area contributed by atoms with Crippen LogP contribution in [0.5, 0.6) is 5.75 Å². The molecule has 74 valence electrons. The van der Waals surface area contributed by atoms with Crippen molar-refractivity contribution in [3.8, 4) is 11.8 Å². The van der Waals surface area contributed by atoms with Crippen molar-refractivity contribution in [1.29, 1.82) is 5.26 Å². The zero-order valence-corrected chi connectivity index (χ0v) is 8.21. The maximum absolute atomic E-state index is 10.9. The fourth-order valence-corrected chi connectivity index (χ4v) is 2.39. The van der Waals surface area contributed by atoms with Gasteiger partial charge in [-0.05, 0) is 12.1 Å². The molecule has 0 unspecified atom stereocenters. The molecular formula is C10H5NO3S. The molecule has 2 rings (SSSR count). The predicted molar refractivity (Wildman–Crippen MR) is 55.2 cm³/mol. The highest BCUT2D eigenvalue weighted by molar-refractivity contribution is 7.17. The molecule has 4 nitrogen and oxygen atoms in total. The zero-order valence-electron chi connectivity index (χ0n) is 7.39. The number of hydrogen-bond donors (Lipinski definition) is 2. The highest BCUT2D eigenvalue weighted by Crippen LogP contribution is 2.32. The van der Waals surface area contributed by atoms with Crippen molar-refractivity contribution in [2.45, 2.75) is 0 Å². The topological polar surface area (TPSA) is 81.3 Å². The van der Waals surface area contributed by atoms with Crippen molar-refractivity contribution in [2.75, 3.05) is 0 Å². The lowest BCUT2D eigenvalue weighted by Crippen LogP contribution is -1.94. The Morgan fingerprint density at radius 2 is 2.20 bits per heavy atom. The second-order valence-corrected chi connectivity index (χ2v) is 3.84. The lowest BCUT2D eigenvalue weighted by Gasteiger charge is -1.97. The Kier molecular flexibility index (Phi) is 2.06. The predicted octanol–water partition coefficient (Wildman–Crippen LogP) is 2.18. The minimum atomic E-state index is -1.07. The van der Waals surface area contributed by atoms with E-state index in [1.807, 2.05) is 6.07 Å². The van der Waals surface area contributed by atoms with Gasteiger partial charge in [0.15, 0.2) is 0 Å². The molecule has 0 spiro atoms. The van der Waals surface area contributed by atoms with Crippen molar-refractivity contribution < 1.29 is 15.0 Å². The van der Waals surface area contributed by atoms with Crippen LogP contribution in [0.4, 0.5) is 0 Å². The molecule has 0 atom stereocenters. The molecule has 1 heterocycles. The molecule has 0 bridgehead atoms. The number of nitrogens with zero attached hydrogens (tertiary/aromatic N) is 1. The first-order valence-electron chi connectivity index (χ1n) is 4.01. The summed E-state index contributed by atoms with van der Waals surface area (Å²) in [5.74, 6) is -1.10. The van der Waals surface area contributed by atoms with Gasteiger partial charge in [0.05, 0.1) is 17.2 Å². The number of hydrogen-bond acceptors (Lipinski definition) is 4. The maximum Gasteiger partial charge on any atom is 0.337 e. The SMILES string of the molecule is N#Cc1cc(O)cc2scc(C(=O)O)c12. The van der Waals surface area contributed by atoms with E-state index in [1.165, 1.54) is 28.8 Å². The van der Waals surface area contributed by atoms with E-state index in [2.05, 4.69) is 0 Å². The maximum atomic E-state index is 10.9. The van der Waals surface area contributed by atoms with Gasteiger partial charge in [0.2, 0.25) is 0 Å². The summed E-state index contributed by atoms with van der Waals surface area (Å²) in [6.45, 7) is 0. The van der Waals surface area contributed by atoms with Crippen LogP contribution in [0.3, 0.4) is 0 Å². The van der Waals surface area contributed by atoms with Crippen molar-refractivity contribution in [3.05, 3.63) is 28.6 Å². The van der Waals surface area contributed by atoms with Gasteiger partial charge in [-0.3, -0.25) is 0 Å². The number of rotatable bonds is 1. The second-order valence-electron chi connectivity index (χ2n) is 2.93. The van der Waals surface area contributed by atoms with Gasteiger partial charge in [0.25, 0.3) is 0 Å². The zero-order chi connectivity index (χ0) is 11.0. The number of phenolic OH excluding ortho intramolecular Hbond substituents is 1. The van der Waals surface area contributed by atoms with Crippen molar-refractivity contribution in [2.24, 2.45) is 0 Å². The Morgan fingerprint density at radius 3 is 2.80 bits per heavy atom. The molecule has 15 heavy (non-hydrogen) atoms. The van der Waals surface area contributed by atoms with Gasteiger partial charge in [0.1, 0.15) is 5.75 Å². The van der Waals surface area contributed by atoms with Gasteiger partial charge in [-0.25, -0.2) is 4.79 Å². The molecule has 0 aliphatic rings. The molecule has 0 saturated carbocycles. The highest BCUT2D eigenvalue weighted by Gasteiger charge is 2.15. The Bertz CT molecular complexity index is 594. The van der Waals surface area contributed by atoms with Crippen molar-refractivity contribution in [3.63, 3.8) is 0 Å². The van der Waals surface area contributed by atoms with Gasteiger partial charge in [-0.1, -0.05) is 0 Å². The first kappa shape index (κ1) is 9.49. The smallest absolute Gasteiger partial charge is 0.337 e. The van der Waals surface area contributed by atoms with E-state index in [1.54, 1.807) is 0 Å².